The number of para-hydroxylation sites is 1. The SMILES string of the molecule is COc1ccc(NC(=O)Cc2cnn(-c3ccccc3)c2)cc1S(=O)(=O)N1CCOCC1. The maximum Gasteiger partial charge on any atom is 0.246 e. The number of hydrogen-bond donors (Lipinski definition) is 1. The quantitative estimate of drug-likeness (QED) is 0.584. The van der Waals surface area contributed by atoms with Crippen molar-refractivity contribution in [3.8, 4) is 11.4 Å². The van der Waals surface area contributed by atoms with Crippen LogP contribution in [0.1, 0.15) is 5.56 Å². The summed E-state index contributed by atoms with van der Waals surface area (Å²) in [5, 5.41) is 7.06. The van der Waals surface area contributed by atoms with Crippen molar-refractivity contribution in [1.82, 2.24) is 14.1 Å². The van der Waals surface area contributed by atoms with Crippen molar-refractivity contribution in [2.24, 2.45) is 0 Å². The number of amides is 1. The van der Waals surface area contributed by atoms with E-state index in [1.54, 1.807) is 23.1 Å². The standard InChI is InChI=1S/C22H24N4O5S/c1-30-20-8-7-18(14-21(20)32(28,29)25-9-11-31-12-10-25)24-22(27)13-17-15-23-26(16-17)19-5-3-2-4-6-19/h2-8,14-16H,9-13H2,1H3,(H,24,27). The lowest BCUT2D eigenvalue weighted by atomic mass is 10.2. The van der Waals surface area contributed by atoms with E-state index in [-0.39, 0.29) is 36.1 Å². The van der Waals surface area contributed by atoms with E-state index in [4.69, 9.17) is 9.47 Å². The number of methoxy groups -OCH3 is 1. The molecule has 1 aliphatic heterocycles. The van der Waals surface area contributed by atoms with E-state index in [0.29, 0.717) is 18.9 Å². The number of nitrogens with zero attached hydrogens (tertiary/aromatic N) is 3. The number of morpholine rings is 1. The van der Waals surface area contributed by atoms with E-state index >= 15 is 0 Å². The van der Waals surface area contributed by atoms with Crippen molar-refractivity contribution in [3.05, 3.63) is 66.5 Å². The van der Waals surface area contributed by atoms with E-state index in [1.165, 1.54) is 23.5 Å². The molecule has 0 saturated carbocycles. The van der Waals surface area contributed by atoms with Gasteiger partial charge in [0.2, 0.25) is 15.9 Å². The smallest absolute Gasteiger partial charge is 0.246 e. The normalized spacial score (nSPS) is 14.8. The van der Waals surface area contributed by atoms with Crippen LogP contribution in [0, 0.1) is 0 Å². The first-order valence-electron chi connectivity index (χ1n) is 10.1. The molecule has 0 atom stereocenters. The fourth-order valence-electron chi connectivity index (χ4n) is 3.45. The maximum absolute atomic E-state index is 13.1. The monoisotopic (exact) mass is 456 g/mol. The van der Waals surface area contributed by atoms with Crippen LogP contribution in [0.5, 0.6) is 5.75 Å². The molecular weight excluding hydrogens is 432 g/mol. The Kier molecular flexibility index (Phi) is 6.54. The minimum Gasteiger partial charge on any atom is -0.495 e. The molecule has 1 aromatic heterocycles. The van der Waals surface area contributed by atoms with E-state index < -0.39 is 10.0 Å². The molecule has 0 spiro atoms. The number of nitrogens with one attached hydrogen (secondary N) is 1. The Balaban J connectivity index is 1.49. The van der Waals surface area contributed by atoms with Crippen LogP contribution in [0.25, 0.3) is 5.69 Å². The highest BCUT2D eigenvalue weighted by molar-refractivity contribution is 7.89. The minimum absolute atomic E-state index is 0.0107. The Morgan fingerprint density at radius 3 is 2.62 bits per heavy atom. The Morgan fingerprint density at radius 2 is 1.91 bits per heavy atom. The molecule has 4 rings (SSSR count). The van der Waals surface area contributed by atoms with Crippen LogP contribution < -0.4 is 10.1 Å². The first-order valence-corrected chi connectivity index (χ1v) is 11.6. The van der Waals surface area contributed by atoms with Gasteiger partial charge in [-0.05, 0) is 35.9 Å². The molecule has 1 fully saturated rings. The number of sulfonamides is 1. The third-order valence-electron chi connectivity index (χ3n) is 5.06. The van der Waals surface area contributed by atoms with Crippen molar-refractivity contribution in [3.63, 3.8) is 0 Å². The van der Waals surface area contributed by atoms with Gasteiger partial charge in [0.15, 0.2) is 0 Å². The van der Waals surface area contributed by atoms with Crippen molar-refractivity contribution in [2.45, 2.75) is 11.3 Å². The Hall–Kier alpha value is -3.21. The van der Waals surface area contributed by atoms with Crippen molar-refractivity contribution in [2.75, 3.05) is 38.7 Å². The largest absolute Gasteiger partial charge is 0.495 e. The summed E-state index contributed by atoms with van der Waals surface area (Å²) >= 11 is 0. The molecule has 2 heterocycles. The summed E-state index contributed by atoms with van der Waals surface area (Å²) in [5.74, 6) is -0.0591. The third-order valence-corrected chi connectivity index (χ3v) is 6.98. The Bertz CT molecular complexity index is 1190. The molecule has 1 aliphatic rings. The van der Waals surface area contributed by atoms with Crippen LogP contribution in [-0.4, -0.2) is 61.8 Å². The lowest BCUT2D eigenvalue weighted by Crippen LogP contribution is -2.40. The van der Waals surface area contributed by atoms with Crippen molar-refractivity contribution < 1.29 is 22.7 Å². The van der Waals surface area contributed by atoms with E-state index in [9.17, 15) is 13.2 Å². The van der Waals surface area contributed by atoms with Gasteiger partial charge in [0.25, 0.3) is 0 Å². The van der Waals surface area contributed by atoms with E-state index in [2.05, 4.69) is 10.4 Å². The predicted octanol–water partition coefficient (Wildman–Crippen LogP) is 2.08. The number of ether oxygens (including phenoxy) is 2. The summed E-state index contributed by atoms with van der Waals surface area (Å²) in [7, 11) is -2.37. The van der Waals surface area contributed by atoms with Crippen LogP contribution in [0.15, 0.2) is 65.8 Å². The summed E-state index contributed by atoms with van der Waals surface area (Å²) < 4.78 is 39.8. The molecule has 32 heavy (non-hydrogen) atoms. The number of anilines is 1. The van der Waals surface area contributed by atoms with E-state index in [1.807, 2.05) is 30.3 Å². The molecule has 1 amide bonds. The summed E-state index contributed by atoms with van der Waals surface area (Å²) in [4.78, 5) is 12.6. The number of carbonyl (C=O) groups is 1. The first-order chi connectivity index (χ1) is 15.5. The average Bonchev–Trinajstić information content (AvgIpc) is 3.28. The van der Waals surface area contributed by atoms with Gasteiger partial charge >= 0.3 is 0 Å². The number of carbonyl (C=O) groups excluding carboxylic acids is 1. The van der Waals surface area contributed by atoms with Crippen LogP contribution in [0.3, 0.4) is 0 Å². The van der Waals surface area contributed by atoms with Crippen molar-refractivity contribution >= 4 is 21.6 Å². The maximum atomic E-state index is 13.1. The second-order valence-electron chi connectivity index (χ2n) is 7.24. The third kappa shape index (κ3) is 4.82. The molecule has 2 aromatic carbocycles. The molecule has 0 aliphatic carbocycles. The lowest BCUT2D eigenvalue weighted by molar-refractivity contribution is -0.115. The molecule has 168 valence electrons. The molecule has 1 saturated heterocycles. The fourth-order valence-corrected chi connectivity index (χ4v) is 5.04. The van der Waals surface area contributed by atoms with Gasteiger partial charge in [-0.3, -0.25) is 4.79 Å². The van der Waals surface area contributed by atoms with Gasteiger partial charge in [0, 0.05) is 25.0 Å². The van der Waals surface area contributed by atoms with Crippen molar-refractivity contribution in [1.29, 1.82) is 0 Å². The number of hydrogen-bond acceptors (Lipinski definition) is 6. The molecule has 3 aromatic rings. The highest BCUT2D eigenvalue weighted by Gasteiger charge is 2.29. The highest BCUT2D eigenvalue weighted by atomic mass is 32.2. The number of aromatic nitrogens is 2. The first kappa shape index (κ1) is 22.0. The minimum atomic E-state index is -3.79. The van der Waals surface area contributed by atoms with Crippen LogP contribution in [0.4, 0.5) is 5.69 Å². The lowest BCUT2D eigenvalue weighted by Gasteiger charge is -2.26. The van der Waals surface area contributed by atoms with Gasteiger partial charge in [0.05, 0.1) is 38.6 Å². The van der Waals surface area contributed by atoms with Gasteiger partial charge in [0.1, 0.15) is 10.6 Å². The van der Waals surface area contributed by atoms with Gasteiger partial charge in [-0.2, -0.15) is 9.40 Å². The second-order valence-corrected chi connectivity index (χ2v) is 9.14. The summed E-state index contributed by atoms with van der Waals surface area (Å²) in [6.07, 6.45) is 3.52. The summed E-state index contributed by atoms with van der Waals surface area (Å²) in [6.45, 7) is 1.23. The highest BCUT2D eigenvalue weighted by Crippen LogP contribution is 2.30. The number of rotatable bonds is 7. The molecule has 0 unspecified atom stereocenters. The van der Waals surface area contributed by atoms with Gasteiger partial charge < -0.3 is 14.8 Å². The van der Waals surface area contributed by atoms with Crippen LogP contribution in [-0.2, 0) is 26.0 Å². The van der Waals surface area contributed by atoms with Gasteiger partial charge in [-0.25, -0.2) is 13.1 Å². The molecule has 10 heteroatoms. The van der Waals surface area contributed by atoms with Crippen LogP contribution in [0.2, 0.25) is 0 Å². The molecular formula is C22H24N4O5S. The number of benzene rings is 2. The fraction of sp³-hybridized carbons (Fsp3) is 0.273. The molecule has 0 radical (unpaired) electrons. The molecule has 0 bridgehead atoms. The Morgan fingerprint density at radius 1 is 1.16 bits per heavy atom. The van der Waals surface area contributed by atoms with Gasteiger partial charge in [-0.1, -0.05) is 18.2 Å². The Labute approximate surface area is 186 Å². The summed E-state index contributed by atoms with van der Waals surface area (Å²) in [6, 6.07) is 14.2. The zero-order valence-corrected chi connectivity index (χ0v) is 18.4. The van der Waals surface area contributed by atoms with Gasteiger partial charge in [-0.15, -0.1) is 0 Å². The molecule has 9 nitrogen and oxygen atoms in total. The average molecular weight is 457 g/mol. The topological polar surface area (TPSA) is 103 Å². The predicted molar refractivity (Wildman–Crippen MR) is 118 cm³/mol. The summed E-state index contributed by atoms with van der Waals surface area (Å²) in [5.41, 5.74) is 2.01. The van der Waals surface area contributed by atoms with E-state index in [0.717, 1.165) is 11.3 Å². The zero-order valence-electron chi connectivity index (χ0n) is 17.6. The second kappa shape index (κ2) is 9.51. The van der Waals surface area contributed by atoms with Crippen LogP contribution >= 0.6 is 0 Å². The zero-order chi connectivity index (χ0) is 22.6. The molecule has 1 N–H and O–H groups in total.